The van der Waals surface area contributed by atoms with Gasteiger partial charge >= 0.3 is 6.09 Å². The zero-order valence-corrected chi connectivity index (χ0v) is 14.7. The molecule has 2 aromatic rings. The highest BCUT2D eigenvalue weighted by molar-refractivity contribution is 9.10. The summed E-state index contributed by atoms with van der Waals surface area (Å²) >= 11 is 3.36. The van der Waals surface area contributed by atoms with Crippen molar-refractivity contribution >= 4 is 27.8 Å². The third kappa shape index (κ3) is 3.85. The summed E-state index contributed by atoms with van der Waals surface area (Å²) in [5.41, 5.74) is 1.55. The Morgan fingerprint density at radius 1 is 1.08 bits per heavy atom. The van der Waals surface area contributed by atoms with Crippen LogP contribution < -0.4 is 0 Å². The van der Waals surface area contributed by atoms with E-state index < -0.39 is 12.1 Å². The Bertz CT molecular complexity index is 715. The summed E-state index contributed by atoms with van der Waals surface area (Å²) in [7, 11) is 0. The number of likely N-dealkylation sites (tertiary alicyclic amines) is 1. The predicted molar refractivity (Wildman–Crippen MR) is 94.8 cm³/mol. The topological polar surface area (TPSA) is 46.6 Å². The van der Waals surface area contributed by atoms with Crippen molar-refractivity contribution in [3.05, 3.63) is 70.2 Å². The quantitative estimate of drug-likeness (QED) is 0.728. The third-order valence-electron chi connectivity index (χ3n) is 4.12. The lowest BCUT2D eigenvalue weighted by Gasteiger charge is -2.23. The average Bonchev–Trinajstić information content (AvgIpc) is 3.10. The number of Topliss-reactive ketones (excluding diaryl/α,β-unsaturated/α-hetero) is 1. The number of amides is 1. The molecule has 1 aliphatic heterocycles. The number of hydrogen-bond acceptors (Lipinski definition) is 3. The molecule has 1 amide bonds. The SMILES string of the molecule is O=C(c1ccc(Br)cc1)[C@@H]1CCCN1C(=O)OCc1ccccc1. The van der Waals surface area contributed by atoms with Gasteiger partial charge in [-0.05, 0) is 30.5 Å². The molecule has 1 fully saturated rings. The van der Waals surface area contributed by atoms with E-state index in [0.29, 0.717) is 18.5 Å². The maximum absolute atomic E-state index is 12.7. The van der Waals surface area contributed by atoms with Gasteiger partial charge in [0, 0.05) is 16.6 Å². The Morgan fingerprint density at radius 3 is 2.50 bits per heavy atom. The summed E-state index contributed by atoms with van der Waals surface area (Å²) in [6.45, 7) is 0.774. The van der Waals surface area contributed by atoms with Crippen LogP contribution in [0.3, 0.4) is 0 Å². The molecular weight excluding hydrogens is 370 g/mol. The van der Waals surface area contributed by atoms with Crippen molar-refractivity contribution in [1.29, 1.82) is 0 Å². The Labute approximate surface area is 149 Å². The first kappa shape index (κ1) is 16.7. The van der Waals surface area contributed by atoms with Crippen molar-refractivity contribution in [2.45, 2.75) is 25.5 Å². The van der Waals surface area contributed by atoms with E-state index >= 15 is 0 Å². The van der Waals surface area contributed by atoms with E-state index in [4.69, 9.17) is 4.74 Å². The number of rotatable bonds is 4. The number of benzene rings is 2. The molecule has 124 valence electrons. The van der Waals surface area contributed by atoms with Crippen molar-refractivity contribution in [2.75, 3.05) is 6.54 Å². The van der Waals surface area contributed by atoms with E-state index in [9.17, 15) is 9.59 Å². The Morgan fingerprint density at radius 2 is 1.79 bits per heavy atom. The summed E-state index contributed by atoms with van der Waals surface area (Å²) in [6, 6.07) is 16.3. The van der Waals surface area contributed by atoms with Gasteiger partial charge in [-0.15, -0.1) is 0 Å². The van der Waals surface area contributed by atoms with Crippen LogP contribution in [0.2, 0.25) is 0 Å². The van der Waals surface area contributed by atoms with Crippen LogP contribution in [0.25, 0.3) is 0 Å². The molecule has 0 aliphatic carbocycles. The van der Waals surface area contributed by atoms with Gasteiger partial charge in [-0.3, -0.25) is 9.69 Å². The number of nitrogens with zero attached hydrogens (tertiary/aromatic N) is 1. The van der Waals surface area contributed by atoms with Gasteiger partial charge in [0.2, 0.25) is 0 Å². The largest absolute Gasteiger partial charge is 0.445 e. The van der Waals surface area contributed by atoms with E-state index in [0.717, 1.165) is 16.5 Å². The minimum atomic E-state index is -0.436. The zero-order valence-electron chi connectivity index (χ0n) is 13.2. The molecule has 0 bridgehead atoms. The molecule has 0 unspecified atom stereocenters. The third-order valence-corrected chi connectivity index (χ3v) is 4.65. The summed E-state index contributed by atoms with van der Waals surface area (Å²) in [4.78, 5) is 26.6. The highest BCUT2D eigenvalue weighted by atomic mass is 79.9. The summed E-state index contributed by atoms with van der Waals surface area (Å²) in [6.07, 6.45) is 1.06. The Balaban J connectivity index is 1.65. The molecule has 1 aliphatic rings. The maximum atomic E-state index is 12.7. The molecule has 3 rings (SSSR count). The van der Waals surface area contributed by atoms with Gasteiger partial charge in [0.25, 0.3) is 0 Å². The van der Waals surface area contributed by atoms with Crippen molar-refractivity contribution in [3.63, 3.8) is 0 Å². The fraction of sp³-hybridized carbons (Fsp3) is 0.263. The molecule has 5 heteroatoms. The lowest BCUT2D eigenvalue weighted by molar-refractivity contribution is 0.0738. The summed E-state index contributed by atoms with van der Waals surface area (Å²) < 4.78 is 6.30. The molecule has 24 heavy (non-hydrogen) atoms. The molecule has 0 radical (unpaired) electrons. The van der Waals surface area contributed by atoms with Gasteiger partial charge in [-0.25, -0.2) is 4.79 Å². The second kappa shape index (κ2) is 7.62. The first-order valence-corrected chi connectivity index (χ1v) is 8.71. The average molecular weight is 388 g/mol. The van der Waals surface area contributed by atoms with Gasteiger partial charge in [-0.2, -0.15) is 0 Å². The molecule has 0 spiro atoms. The predicted octanol–water partition coefficient (Wildman–Crippen LogP) is 4.43. The molecule has 2 aromatic carbocycles. The fourth-order valence-electron chi connectivity index (χ4n) is 2.87. The van der Waals surface area contributed by atoms with Crippen LogP contribution in [-0.2, 0) is 11.3 Å². The summed E-state index contributed by atoms with van der Waals surface area (Å²) in [5.74, 6) is -0.0309. The highest BCUT2D eigenvalue weighted by Crippen LogP contribution is 2.23. The molecular formula is C19H18BrNO3. The van der Waals surface area contributed by atoms with Crippen molar-refractivity contribution in [2.24, 2.45) is 0 Å². The van der Waals surface area contributed by atoms with Crippen LogP contribution in [0.1, 0.15) is 28.8 Å². The molecule has 0 N–H and O–H groups in total. The van der Waals surface area contributed by atoms with E-state index in [-0.39, 0.29) is 12.4 Å². The standard InChI is InChI=1S/C19H18BrNO3/c20-16-10-8-15(9-11-16)18(22)17-7-4-12-21(17)19(23)24-13-14-5-2-1-3-6-14/h1-3,5-6,8-11,17H,4,7,12-13H2/t17-/m0/s1. The number of carbonyl (C=O) groups excluding carboxylic acids is 2. The molecule has 0 aromatic heterocycles. The minimum Gasteiger partial charge on any atom is -0.445 e. The minimum absolute atomic E-state index is 0.0309. The van der Waals surface area contributed by atoms with Gasteiger partial charge in [-0.1, -0.05) is 58.4 Å². The van der Waals surface area contributed by atoms with Crippen molar-refractivity contribution in [3.8, 4) is 0 Å². The van der Waals surface area contributed by atoms with Crippen LogP contribution in [0, 0.1) is 0 Å². The molecule has 0 saturated carbocycles. The van der Waals surface area contributed by atoms with E-state index in [1.165, 1.54) is 0 Å². The Hall–Kier alpha value is -2.14. The monoisotopic (exact) mass is 387 g/mol. The van der Waals surface area contributed by atoms with Crippen LogP contribution in [0.5, 0.6) is 0 Å². The van der Waals surface area contributed by atoms with Gasteiger partial charge < -0.3 is 4.74 Å². The second-order valence-electron chi connectivity index (χ2n) is 5.76. The first-order chi connectivity index (χ1) is 11.6. The molecule has 1 saturated heterocycles. The normalized spacial score (nSPS) is 16.9. The lowest BCUT2D eigenvalue weighted by atomic mass is 10.0. The van der Waals surface area contributed by atoms with E-state index in [1.807, 2.05) is 42.5 Å². The van der Waals surface area contributed by atoms with Crippen molar-refractivity contribution in [1.82, 2.24) is 4.90 Å². The lowest BCUT2D eigenvalue weighted by Crippen LogP contribution is -2.40. The second-order valence-corrected chi connectivity index (χ2v) is 6.68. The number of carbonyl (C=O) groups is 2. The van der Waals surface area contributed by atoms with E-state index in [1.54, 1.807) is 17.0 Å². The Kier molecular flexibility index (Phi) is 5.30. The first-order valence-electron chi connectivity index (χ1n) is 7.92. The van der Waals surface area contributed by atoms with Gasteiger partial charge in [0.15, 0.2) is 5.78 Å². The van der Waals surface area contributed by atoms with Crippen LogP contribution >= 0.6 is 15.9 Å². The smallest absolute Gasteiger partial charge is 0.410 e. The molecule has 1 atom stereocenters. The zero-order chi connectivity index (χ0) is 16.9. The van der Waals surface area contributed by atoms with Gasteiger partial charge in [0.05, 0.1) is 6.04 Å². The van der Waals surface area contributed by atoms with E-state index in [2.05, 4.69) is 15.9 Å². The molecule has 4 nitrogen and oxygen atoms in total. The number of ether oxygens (including phenoxy) is 1. The fourth-order valence-corrected chi connectivity index (χ4v) is 3.13. The number of halogens is 1. The van der Waals surface area contributed by atoms with Crippen LogP contribution in [0.4, 0.5) is 4.79 Å². The maximum Gasteiger partial charge on any atom is 0.410 e. The van der Waals surface area contributed by atoms with Crippen molar-refractivity contribution < 1.29 is 14.3 Å². The van der Waals surface area contributed by atoms with Crippen LogP contribution in [-0.4, -0.2) is 29.4 Å². The van der Waals surface area contributed by atoms with Crippen LogP contribution in [0.15, 0.2) is 59.1 Å². The number of hydrogen-bond donors (Lipinski definition) is 0. The van der Waals surface area contributed by atoms with Gasteiger partial charge in [0.1, 0.15) is 6.61 Å². The number of ketones is 1. The highest BCUT2D eigenvalue weighted by Gasteiger charge is 2.35. The molecule has 1 heterocycles. The summed E-state index contributed by atoms with van der Waals surface area (Å²) in [5, 5.41) is 0.